The molecule has 0 aliphatic rings. The Bertz CT molecular complexity index is 1300. The molecule has 2 aromatic rings. The molecule has 0 radical (unpaired) electrons. The van der Waals surface area contributed by atoms with Gasteiger partial charge in [0.2, 0.25) is 11.8 Å². The van der Waals surface area contributed by atoms with Gasteiger partial charge >= 0.3 is 17.9 Å². The quantitative estimate of drug-likeness (QED) is 0.106. The van der Waals surface area contributed by atoms with E-state index in [1.165, 1.54) is 6.07 Å². The first-order chi connectivity index (χ1) is 18.8. The van der Waals surface area contributed by atoms with E-state index in [1.54, 1.807) is 24.3 Å². The monoisotopic (exact) mass is 616 g/mol. The molecule has 0 bridgehead atoms. The number of hydrogen-bond donors (Lipinski definition) is 8. The highest BCUT2D eigenvalue weighted by Gasteiger charge is 2.25. The maximum absolute atomic E-state index is 12.6. The second-order valence-corrected chi connectivity index (χ2v) is 10.1. The summed E-state index contributed by atoms with van der Waals surface area (Å²) in [4.78, 5) is 58.0. The van der Waals surface area contributed by atoms with Crippen molar-refractivity contribution in [3.63, 3.8) is 0 Å². The predicted molar refractivity (Wildman–Crippen MR) is 147 cm³/mol. The van der Waals surface area contributed by atoms with E-state index >= 15 is 0 Å². The van der Waals surface area contributed by atoms with Gasteiger partial charge < -0.3 is 42.1 Å². The number of amides is 2. The Hall–Kier alpha value is -3.72. The fourth-order valence-electron chi connectivity index (χ4n) is 3.25. The number of para-hydroxylation sites is 1. The highest BCUT2D eigenvalue weighted by molar-refractivity contribution is 7.99. The molecule has 216 valence electrons. The molecule has 0 fully saturated rings. The molecule has 0 aliphatic heterocycles. The van der Waals surface area contributed by atoms with E-state index in [0.29, 0.717) is 11.3 Å². The van der Waals surface area contributed by atoms with Crippen LogP contribution in [-0.4, -0.2) is 74.5 Å². The first-order valence-corrected chi connectivity index (χ1v) is 13.2. The molecule has 16 heteroatoms. The van der Waals surface area contributed by atoms with Crippen LogP contribution in [-0.2, 0) is 30.4 Å². The molecule has 40 heavy (non-hydrogen) atoms. The van der Waals surface area contributed by atoms with Gasteiger partial charge in [0.1, 0.15) is 24.4 Å². The van der Waals surface area contributed by atoms with Crippen LogP contribution in [0.3, 0.4) is 0 Å². The fraction of sp³-hybridized carbons (Fsp3) is 0.292. The van der Waals surface area contributed by atoms with Crippen LogP contribution in [0, 0.1) is 0 Å². The molecule has 2 amide bonds. The van der Waals surface area contributed by atoms with E-state index in [4.69, 9.17) is 39.1 Å². The maximum atomic E-state index is 12.6. The molecule has 0 aromatic heterocycles. The number of nitrogens with two attached hydrogens (primary N) is 1. The van der Waals surface area contributed by atoms with Crippen molar-refractivity contribution in [1.29, 1.82) is 0 Å². The molecule has 0 saturated heterocycles. The Labute approximate surface area is 242 Å². The summed E-state index contributed by atoms with van der Waals surface area (Å²) in [7, 11) is 0. The van der Waals surface area contributed by atoms with Crippen LogP contribution in [0.2, 0.25) is 10.0 Å². The van der Waals surface area contributed by atoms with E-state index in [0.717, 1.165) is 11.8 Å². The summed E-state index contributed by atoms with van der Waals surface area (Å²) in [6, 6.07) is 5.11. The summed E-state index contributed by atoms with van der Waals surface area (Å²) in [5.41, 5.74) is 6.37. The zero-order valence-electron chi connectivity index (χ0n) is 20.6. The fourth-order valence-corrected chi connectivity index (χ4v) is 4.95. The Morgan fingerprint density at radius 3 is 2.33 bits per heavy atom. The van der Waals surface area contributed by atoms with Crippen LogP contribution in [0.5, 0.6) is 5.75 Å². The number of carboxylic acid groups (broad SMARTS) is 3. The Balaban J connectivity index is 2.28. The Morgan fingerprint density at radius 2 is 1.70 bits per heavy atom. The number of anilines is 2. The largest absolute Gasteiger partial charge is 0.507 e. The van der Waals surface area contributed by atoms with Gasteiger partial charge in [0.05, 0.1) is 27.0 Å². The minimum Gasteiger partial charge on any atom is -0.507 e. The first-order valence-electron chi connectivity index (χ1n) is 11.5. The topological polar surface area (TPSA) is 228 Å². The molecular weight excluding hydrogens is 591 g/mol. The average molecular weight is 617 g/mol. The Morgan fingerprint density at radius 1 is 1.02 bits per heavy atom. The van der Waals surface area contributed by atoms with Gasteiger partial charge in [-0.05, 0) is 18.1 Å². The maximum Gasteiger partial charge on any atom is 0.322 e. The number of nitrogens with one attached hydrogen (secondary N) is 3. The van der Waals surface area contributed by atoms with Crippen LogP contribution in [0.15, 0.2) is 35.2 Å². The van der Waals surface area contributed by atoms with Crippen molar-refractivity contribution in [3.05, 3.63) is 45.9 Å². The molecule has 0 spiro atoms. The van der Waals surface area contributed by atoms with Crippen molar-refractivity contribution >= 4 is 76.1 Å². The molecule has 2 aromatic carbocycles. The van der Waals surface area contributed by atoms with Crippen LogP contribution < -0.4 is 21.7 Å². The van der Waals surface area contributed by atoms with Gasteiger partial charge in [-0.3, -0.25) is 24.0 Å². The molecular formula is C24H26Cl2N4O9S. The number of phenolic OH excluding ortho intramolecular Hbond substituents is 1. The highest BCUT2D eigenvalue weighted by atomic mass is 35.5. The van der Waals surface area contributed by atoms with Crippen molar-refractivity contribution in [2.75, 3.05) is 17.6 Å². The van der Waals surface area contributed by atoms with Gasteiger partial charge in [-0.2, -0.15) is 0 Å². The number of aromatic hydroxyl groups is 1. The van der Waals surface area contributed by atoms with Gasteiger partial charge in [0.25, 0.3) is 0 Å². The Kier molecular flexibility index (Phi) is 12.3. The molecule has 0 saturated carbocycles. The van der Waals surface area contributed by atoms with Crippen molar-refractivity contribution in [3.8, 4) is 5.75 Å². The first kappa shape index (κ1) is 32.5. The van der Waals surface area contributed by atoms with Gasteiger partial charge in [0.15, 0.2) is 0 Å². The second kappa shape index (κ2) is 15.2. The molecule has 13 nitrogen and oxygen atoms in total. The van der Waals surface area contributed by atoms with Gasteiger partial charge in [0, 0.05) is 23.9 Å². The second-order valence-electron chi connectivity index (χ2n) is 8.27. The zero-order valence-corrected chi connectivity index (χ0v) is 23.0. The van der Waals surface area contributed by atoms with E-state index in [1.807, 2.05) is 0 Å². The number of hydrogen-bond acceptors (Lipinski definition) is 9. The molecule has 0 heterocycles. The third kappa shape index (κ3) is 9.79. The summed E-state index contributed by atoms with van der Waals surface area (Å²) < 4.78 is 0. The molecule has 9 N–H and O–H groups in total. The number of halogens is 2. The van der Waals surface area contributed by atoms with Gasteiger partial charge in [-0.15, -0.1) is 11.8 Å². The zero-order chi connectivity index (χ0) is 30.0. The van der Waals surface area contributed by atoms with E-state index in [-0.39, 0.29) is 51.4 Å². The average Bonchev–Trinajstić information content (AvgIpc) is 2.87. The number of carbonyl (C=O) groups is 5. The van der Waals surface area contributed by atoms with Crippen LogP contribution in [0.25, 0.3) is 0 Å². The lowest BCUT2D eigenvalue weighted by Crippen LogP contribution is -2.49. The minimum atomic E-state index is -1.32. The van der Waals surface area contributed by atoms with Crippen molar-refractivity contribution in [1.82, 2.24) is 10.6 Å². The summed E-state index contributed by atoms with van der Waals surface area (Å²) in [5, 5.41) is 44.9. The lowest BCUT2D eigenvalue weighted by molar-refractivity contribution is -0.139. The number of aliphatic carboxylic acids is 3. The minimum absolute atomic E-state index is 0.0100. The lowest BCUT2D eigenvalue weighted by atomic mass is 10.1. The number of rotatable bonds is 15. The summed E-state index contributed by atoms with van der Waals surface area (Å²) in [6.45, 7) is -0.726. The molecule has 2 rings (SSSR count). The van der Waals surface area contributed by atoms with Crippen LogP contribution in [0.1, 0.15) is 18.4 Å². The number of phenols is 1. The van der Waals surface area contributed by atoms with E-state index < -0.39 is 48.4 Å². The van der Waals surface area contributed by atoms with Crippen molar-refractivity contribution in [2.24, 2.45) is 5.73 Å². The molecule has 0 aliphatic carbocycles. The number of benzene rings is 2. The normalized spacial score (nSPS) is 12.2. The molecule has 0 unspecified atom stereocenters. The third-order valence-electron chi connectivity index (χ3n) is 5.23. The van der Waals surface area contributed by atoms with Crippen molar-refractivity contribution in [2.45, 2.75) is 36.2 Å². The smallest absolute Gasteiger partial charge is 0.322 e. The van der Waals surface area contributed by atoms with E-state index in [9.17, 15) is 34.2 Å². The van der Waals surface area contributed by atoms with Gasteiger partial charge in [-0.25, -0.2) is 0 Å². The summed E-state index contributed by atoms with van der Waals surface area (Å²) >= 11 is 13.7. The standard InChI is InChI=1S/C24H26Cl2N4O9S/c25-12-8-16(31)22(20(26)21(12)30-14-4-2-1-3-11(14)7-18(33)34)40-10-15(23(37)28-9-19(35)36)29-17(32)6-5-13(27)24(38)39/h1-4,8,13,15,30-31H,5-7,9-10,27H2,(H,28,37)(H,29,32)(H,33,34)(H,35,36)(H,38,39)/t13-,15-/m0/s1. The molecule has 2 atom stereocenters. The number of carboxylic acids is 3. The van der Waals surface area contributed by atoms with E-state index in [2.05, 4.69) is 16.0 Å². The van der Waals surface area contributed by atoms with Gasteiger partial charge in [-0.1, -0.05) is 41.4 Å². The lowest BCUT2D eigenvalue weighted by Gasteiger charge is -2.20. The highest BCUT2D eigenvalue weighted by Crippen LogP contribution is 2.45. The number of carbonyl (C=O) groups excluding carboxylic acids is 2. The predicted octanol–water partition coefficient (Wildman–Crippen LogP) is 2.04. The summed E-state index contributed by atoms with van der Waals surface area (Å²) in [5.74, 6) is -5.84. The third-order valence-corrected chi connectivity index (χ3v) is 7.22. The number of thioether (sulfide) groups is 1. The van der Waals surface area contributed by atoms with Crippen LogP contribution in [0.4, 0.5) is 11.4 Å². The SMILES string of the molecule is N[C@@H](CCC(=O)N[C@@H](CSc1c(O)cc(Cl)c(Nc2ccccc2CC(=O)O)c1Cl)C(=O)NCC(=O)O)C(=O)O. The van der Waals surface area contributed by atoms with Crippen LogP contribution >= 0.6 is 35.0 Å². The summed E-state index contributed by atoms with van der Waals surface area (Å²) in [6.07, 6.45) is -0.820. The van der Waals surface area contributed by atoms with Crippen molar-refractivity contribution < 1.29 is 44.4 Å².